The molecule has 0 saturated carbocycles. The summed E-state index contributed by atoms with van der Waals surface area (Å²) in [7, 11) is 0. The molecule has 1 unspecified atom stereocenters. The Labute approximate surface area is 122 Å². The van der Waals surface area contributed by atoms with E-state index in [2.05, 4.69) is 15.9 Å². The van der Waals surface area contributed by atoms with Crippen LogP contribution in [0.25, 0.3) is 0 Å². The summed E-state index contributed by atoms with van der Waals surface area (Å²) < 4.78 is 0.974. The molecule has 90 valence electrons. The Morgan fingerprint density at radius 3 is 2.47 bits per heavy atom. The van der Waals surface area contributed by atoms with Gasteiger partial charge in [0, 0.05) is 31.2 Å². The van der Waals surface area contributed by atoms with Gasteiger partial charge in [-0.1, -0.05) is 29.3 Å². The lowest BCUT2D eigenvalue weighted by atomic mass is 10.1. The SMILES string of the molecule is OC(Cc1c(Cl)cccc1Cl)c1cc(Br)cs1. The molecule has 1 aromatic heterocycles. The number of rotatable bonds is 3. The van der Waals surface area contributed by atoms with Crippen LogP contribution in [0.1, 0.15) is 16.5 Å². The van der Waals surface area contributed by atoms with E-state index in [4.69, 9.17) is 23.2 Å². The van der Waals surface area contributed by atoms with Gasteiger partial charge >= 0.3 is 0 Å². The monoisotopic (exact) mass is 350 g/mol. The minimum atomic E-state index is -0.580. The van der Waals surface area contributed by atoms with Crippen LogP contribution in [0, 0.1) is 0 Å². The molecule has 0 fully saturated rings. The summed E-state index contributed by atoms with van der Waals surface area (Å²) in [6, 6.07) is 7.25. The van der Waals surface area contributed by atoms with Gasteiger partial charge in [-0.05, 0) is 39.7 Å². The largest absolute Gasteiger partial charge is 0.387 e. The van der Waals surface area contributed by atoms with Gasteiger partial charge in [0.05, 0.1) is 6.10 Å². The van der Waals surface area contributed by atoms with E-state index >= 15 is 0 Å². The number of benzene rings is 1. The standard InChI is InChI=1S/C12H9BrCl2OS/c13-7-4-12(17-6-7)11(16)5-8-9(14)2-1-3-10(8)15/h1-4,6,11,16H,5H2. The zero-order chi connectivity index (χ0) is 12.4. The lowest BCUT2D eigenvalue weighted by molar-refractivity contribution is 0.182. The molecule has 17 heavy (non-hydrogen) atoms. The normalized spacial score (nSPS) is 12.7. The number of hydrogen-bond acceptors (Lipinski definition) is 2. The molecule has 1 aromatic carbocycles. The van der Waals surface area contributed by atoms with Crippen LogP contribution in [-0.2, 0) is 6.42 Å². The number of thiophene rings is 1. The second-order valence-electron chi connectivity index (χ2n) is 3.59. The minimum Gasteiger partial charge on any atom is -0.387 e. The molecule has 2 rings (SSSR count). The number of hydrogen-bond donors (Lipinski definition) is 1. The van der Waals surface area contributed by atoms with E-state index in [1.165, 1.54) is 11.3 Å². The van der Waals surface area contributed by atoms with Crippen LogP contribution < -0.4 is 0 Å². The summed E-state index contributed by atoms with van der Waals surface area (Å²) in [5.41, 5.74) is 0.785. The Morgan fingerprint density at radius 1 is 1.29 bits per heavy atom. The Morgan fingerprint density at radius 2 is 1.94 bits per heavy atom. The first-order chi connectivity index (χ1) is 8.08. The molecule has 1 heterocycles. The summed E-state index contributed by atoms with van der Waals surface area (Å²) in [6.07, 6.45) is -0.158. The van der Waals surface area contributed by atoms with Gasteiger partial charge in [0.15, 0.2) is 0 Å². The maximum absolute atomic E-state index is 10.1. The molecule has 0 aliphatic heterocycles. The average molecular weight is 352 g/mol. The highest BCUT2D eigenvalue weighted by atomic mass is 79.9. The average Bonchev–Trinajstić information content (AvgIpc) is 2.70. The quantitative estimate of drug-likeness (QED) is 0.816. The molecule has 0 aliphatic rings. The van der Waals surface area contributed by atoms with Crippen LogP contribution in [0.2, 0.25) is 10.0 Å². The van der Waals surface area contributed by atoms with E-state index in [1.54, 1.807) is 18.2 Å². The van der Waals surface area contributed by atoms with Crippen molar-refractivity contribution in [2.24, 2.45) is 0 Å². The van der Waals surface area contributed by atoms with Crippen molar-refractivity contribution in [3.63, 3.8) is 0 Å². The lowest BCUT2D eigenvalue weighted by Crippen LogP contribution is -2.00. The van der Waals surface area contributed by atoms with Gasteiger partial charge in [0.2, 0.25) is 0 Å². The molecule has 0 aliphatic carbocycles. The van der Waals surface area contributed by atoms with Crippen molar-refractivity contribution in [2.75, 3.05) is 0 Å². The Bertz CT molecular complexity index is 507. The molecule has 1 nitrogen and oxygen atoms in total. The van der Waals surface area contributed by atoms with E-state index in [0.717, 1.165) is 14.9 Å². The molecule has 5 heteroatoms. The highest BCUT2D eigenvalue weighted by Gasteiger charge is 2.15. The molecule has 0 bridgehead atoms. The summed E-state index contributed by atoms with van der Waals surface area (Å²) in [5.74, 6) is 0. The molecule has 1 N–H and O–H groups in total. The van der Waals surface area contributed by atoms with Gasteiger partial charge in [-0.25, -0.2) is 0 Å². The smallest absolute Gasteiger partial charge is 0.0923 e. The van der Waals surface area contributed by atoms with Gasteiger partial charge in [-0.3, -0.25) is 0 Å². The van der Waals surface area contributed by atoms with Crippen LogP contribution in [0.5, 0.6) is 0 Å². The second kappa shape index (κ2) is 5.72. The van der Waals surface area contributed by atoms with Crippen LogP contribution >= 0.6 is 50.5 Å². The molecule has 0 radical (unpaired) electrons. The van der Waals surface area contributed by atoms with Gasteiger partial charge in [0.25, 0.3) is 0 Å². The molecule has 0 spiro atoms. The molecule has 2 aromatic rings. The fourth-order valence-corrected chi connectivity index (χ4v) is 3.51. The van der Waals surface area contributed by atoms with E-state index in [9.17, 15) is 5.11 Å². The van der Waals surface area contributed by atoms with Crippen molar-refractivity contribution in [2.45, 2.75) is 12.5 Å². The maximum atomic E-state index is 10.1. The van der Waals surface area contributed by atoms with E-state index in [0.29, 0.717) is 16.5 Å². The Hall–Kier alpha value is -0.0600. The number of halogens is 3. The van der Waals surface area contributed by atoms with Crippen LogP contribution in [0.3, 0.4) is 0 Å². The van der Waals surface area contributed by atoms with Crippen molar-refractivity contribution >= 4 is 50.5 Å². The van der Waals surface area contributed by atoms with Crippen LogP contribution in [0.15, 0.2) is 34.1 Å². The van der Waals surface area contributed by atoms with Gasteiger partial charge in [-0.2, -0.15) is 0 Å². The molecular weight excluding hydrogens is 343 g/mol. The van der Waals surface area contributed by atoms with Crippen molar-refractivity contribution in [1.29, 1.82) is 0 Å². The Balaban J connectivity index is 2.21. The summed E-state index contributed by atoms with van der Waals surface area (Å²) in [6.45, 7) is 0. The third-order valence-corrected chi connectivity index (χ3v) is 4.88. The van der Waals surface area contributed by atoms with E-state index in [-0.39, 0.29) is 0 Å². The fourth-order valence-electron chi connectivity index (χ4n) is 1.52. The van der Waals surface area contributed by atoms with Crippen molar-refractivity contribution in [3.05, 3.63) is 54.6 Å². The van der Waals surface area contributed by atoms with E-state index < -0.39 is 6.10 Å². The van der Waals surface area contributed by atoms with Gasteiger partial charge < -0.3 is 5.11 Å². The summed E-state index contributed by atoms with van der Waals surface area (Å²) >= 11 is 17.0. The van der Waals surface area contributed by atoms with Crippen LogP contribution in [-0.4, -0.2) is 5.11 Å². The third kappa shape index (κ3) is 3.24. The first-order valence-electron chi connectivity index (χ1n) is 4.93. The van der Waals surface area contributed by atoms with Crippen molar-refractivity contribution in [1.82, 2.24) is 0 Å². The predicted octanol–water partition coefficient (Wildman–Crippen LogP) is 5.09. The zero-order valence-electron chi connectivity index (χ0n) is 8.66. The Kier molecular flexibility index (Phi) is 4.50. The lowest BCUT2D eigenvalue weighted by Gasteiger charge is -2.11. The van der Waals surface area contributed by atoms with Crippen LogP contribution in [0.4, 0.5) is 0 Å². The van der Waals surface area contributed by atoms with Gasteiger partial charge in [-0.15, -0.1) is 11.3 Å². The highest BCUT2D eigenvalue weighted by molar-refractivity contribution is 9.10. The molecule has 0 saturated heterocycles. The first-order valence-corrected chi connectivity index (χ1v) is 7.35. The third-order valence-electron chi connectivity index (χ3n) is 2.38. The number of aliphatic hydroxyl groups is 1. The van der Waals surface area contributed by atoms with Crippen molar-refractivity contribution < 1.29 is 5.11 Å². The van der Waals surface area contributed by atoms with E-state index in [1.807, 2.05) is 11.4 Å². The first kappa shape index (κ1) is 13.4. The molecule has 0 amide bonds. The maximum Gasteiger partial charge on any atom is 0.0923 e. The zero-order valence-corrected chi connectivity index (χ0v) is 12.6. The minimum absolute atomic E-state index is 0.422. The van der Waals surface area contributed by atoms with Gasteiger partial charge in [0.1, 0.15) is 0 Å². The number of aliphatic hydroxyl groups excluding tert-OH is 1. The predicted molar refractivity (Wildman–Crippen MR) is 77.1 cm³/mol. The fraction of sp³-hybridized carbons (Fsp3) is 0.167. The topological polar surface area (TPSA) is 20.2 Å². The molecular formula is C12H9BrCl2OS. The highest BCUT2D eigenvalue weighted by Crippen LogP contribution is 2.32. The summed E-state index contributed by atoms with van der Waals surface area (Å²) in [4.78, 5) is 0.896. The molecule has 1 atom stereocenters. The van der Waals surface area contributed by atoms with Crippen molar-refractivity contribution in [3.8, 4) is 0 Å². The second-order valence-corrected chi connectivity index (χ2v) is 6.26. The summed E-state index contributed by atoms with van der Waals surface area (Å²) in [5, 5.41) is 13.2.